The molecule has 0 unspecified atom stereocenters. The van der Waals surface area contributed by atoms with Crippen LogP contribution in [0.1, 0.15) is 40.0 Å². The zero-order valence-corrected chi connectivity index (χ0v) is 18.2. The summed E-state index contributed by atoms with van der Waals surface area (Å²) in [6, 6.07) is 13.4. The van der Waals surface area contributed by atoms with Crippen LogP contribution in [0.15, 0.2) is 48.5 Å². The van der Waals surface area contributed by atoms with Gasteiger partial charge < -0.3 is 15.4 Å². The van der Waals surface area contributed by atoms with Crippen molar-refractivity contribution < 1.29 is 19.1 Å². The molecule has 0 aliphatic carbocycles. The molecule has 1 aliphatic rings. The second kappa shape index (κ2) is 10.1. The molecule has 1 fully saturated rings. The number of nitrogens with zero attached hydrogens (tertiary/aromatic N) is 1. The van der Waals surface area contributed by atoms with Crippen molar-refractivity contribution in [1.29, 1.82) is 0 Å². The standard InChI is InChI=1S/C24H29N3O4/c1-4-13-31-20-11-9-19(10-12-20)27-23(29)15-21(24(27)30)25-17-5-7-18(8-6-17)26-22(28)14-16(2)3/h5-12,16,21,25H,4,13-15H2,1-3H3,(H,26,28)/t21-/m0/s1. The average molecular weight is 424 g/mol. The SMILES string of the molecule is CCCOc1ccc(N2C(=O)C[C@H](Nc3ccc(NC(=O)CC(C)C)cc3)C2=O)cc1. The maximum Gasteiger partial charge on any atom is 0.256 e. The highest BCUT2D eigenvalue weighted by Gasteiger charge is 2.39. The van der Waals surface area contributed by atoms with Gasteiger partial charge in [0, 0.05) is 17.8 Å². The average Bonchev–Trinajstić information content (AvgIpc) is 3.00. The van der Waals surface area contributed by atoms with Gasteiger partial charge in [-0.25, -0.2) is 4.90 Å². The van der Waals surface area contributed by atoms with Gasteiger partial charge in [0.05, 0.1) is 18.7 Å². The Kier molecular flexibility index (Phi) is 7.28. The molecule has 2 aromatic carbocycles. The van der Waals surface area contributed by atoms with Gasteiger partial charge in [-0.05, 0) is 60.9 Å². The van der Waals surface area contributed by atoms with Crippen molar-refractivity contribution >= 4 is 34.8 Å². The van der Waals surface area contributed by atoms with E-state index in [1.165, 1.54) is 4.90 Å². The highest BCUT2D eigenvalue weighted by atomic mass is 16.5. The van der Waals surface area contributed by atoms with E-state index in [4.69, 9.17) is 4.74 Å². The second-order valence-corrected chi connectivity index (χ2v) is 8.03. The third-order valence-corrected chi connectivity index (χ3v) is 4.82. The van der Waals surface area contributed by atoms with Crippen LogP contribution in [0.4, 0.5) is 17.1 Å². The highest BCUT2D eigenvalue weighted by Crippen LogP contribution is 2.27. The van der Waals surface area contributed by atoms with Gasteiger partial charge in [-0.2, -0.15) is 0 Å². The molecule has 3 amide bonds. The maximum absolute atomic E-state index is 12.8. The minimum atomic E-state index is -0.634. The van der Waals surface area contributed by atoms with Crippen LogP contribution < -0.4 is 20.3 Å². The number of hydrogen-bond acceptors (Lipinski definition) is 5. The first-order chi connectivity index (χ1) is 14.9. The lowest BCUT2D eigenvalue weighted by Gasteiger charge is -2.17. The van der Waals surface area contributed by atoms with Crippen molar-refractivity contribution in [3.05, 3.63) is 48.5 Å². The number of ether oxygens (including phenoxy) is 1. The van der Waals surface area contributed by atoms with E-state index in [0.29, 0.717) is 35.8 Å². The number of hydrogen-bond donors (Lipinski definition) is 2. The first kappa shape index (κ1) is 22.3. The zero-order valence-electron chi connectivity index (χ0n) is 18.2. The first-order valence-electron chi connectivity index (χ1n) is 10.6. The Morgan fingerprint density at radius 1 is 1.06 bits per heavy atom. The van der Waals surface area contributed by atoms with Crippen LogP contribution in [-0.4, -0.2) is 30.4 Å². The lowest BCUT2D eigenvalue weighted by atomic mass is 10.1. The molecular formula is C24H29N3O4. The molecule has 0 saturated carbocycles. The predicted molar refractivity (Wildman–Crippen MR) is 121 cm³/mol. The molecule has 164 valence electrons. The molecule has 1 atom stereocenters. The van der Waals surface area contributed by atoms with E-state index in [-0.39, 0.29) is 30.1 Å². The summed E-state index contributed by atoms with van der Waals surface area (Å²) < 4.78 is 5.55. The minimum absolute atomic E-state index is 0.0333. The summed E-state index contributed by atoms with van der Waals surface area (Å²) in [5, 5.41) is 5.97. The van der Waals surface area contributed by atoms with Crippen molar-refractivity contribution in [1.82, 2.24) is 0 Å². The molecule has 7 heteroatoms. The summed E-state index contributed by atoms with van der Waals surface area (Å²) in [7, 11) is 0. The van der Waals surface area contributed by atoms with E-state index >= 15 is 0 Å². The molecule has 0 radical (unpaired) electrons. The summed E-state index contributed by atoms with van der Waals surface area (Å²) in [4.78, 5) is 38.4. The molecule has 1 saturated heterocycles. The van der Waals surface area contributed by atoms with E-state index < -0.39 is 6.04 Å². The Labute approximate surface area is 182 Å². The second-order valence-electron chi connectivity index (χ2n) is 8.03. The normalized spacial score (nSPS) is 16.0. The largest absolute Gasteiger partial charge is 0.494 e. The Bertz CT molecular complexity index is 923. The predicted octanol–water partition coefficient (Wildman–Crippen LogP) is 4.20. The molecule has 1 aliphatic heterocycles. The molecule has 7 nitrogen and oxygen atoms in total. The molecule has 3 rings (SSSR count). The Balaban J connectivity index is 1.61. The van der Waals surface area contributed by atoms with Crippen LogP contribution in [0.5, 0.6) is 5.75 Å². The molecule has 1 heterocycles. The zero-order chi connectivity index (χ0) is 22.4. The number of imide groups is 1. The molecule has 0 bridgehead atoms. The molecule has 2 aromatic rings. The van der Waals surface area contributed by atoms with Crippen LogP contribution >= 0.6 is 0 Å². The monoisotopic (exact) mass is 423 g/mol. The molecule has 31 heavy (non-hydrogen) atoms. The molecule has 0 aromatic heterocycles. The highest BCUT2D eigenvalue weighted by molar-refractivity contribution is 6.23. The van der Waals surface area contributed by atoms with Gasteiger partial charge >= 0.3 is 0 Å². The quantitative estimate of drug-likeness (QED) is 0.590. The van der Waals surface area contributed by atoms with Crippen molar-refractivity contribution in [2.45, 2.75) is 46.1 Å². The van der Waals surface area contributed by atoms with Crippen molar-refractivity contribution in [3.8, 4) is 5.75 Å². The van der Waals surface area contributed by atoms with Crippen LogP contribution in [0.2, 0.25) is 0 Å². The summed E-state index contributed by atoms with van der Waals surface area (Å²) >= 11 is 0. The lowest BCUT2D eigenvalue weighted by Crippen LogP contribution is -2.34. The third-order valence-electron chi connectivity index (χ3n) is 4.82. The van der Waals surface area contributed by atoms with Crippen LogP contribution in [0.25, 0.3) is 0 Å². The van der Waals surface area contributed by atoms with Gasteiger partial charge in [-0.3, -0.25) is 14.4 Å². The van der Waals surface area contributed by atoms with E-state index in [2.05, 4.69) is 10.6 Å². The smallest absolute Gasteiger partial charge is 0.256 e. The fourth-order valence-electron chi connectivity index (χ4n) is 3.36. The number of nitrogens with one attached hydrogen (secondary N) is 2. The maximum atomic E-state index is 12.8. The number of benzene rings is 2. The van der Waals surface area contributed by atoms with Crippen LogP contribution in [0, 0.1) is 5.92 Å². The fourth-order valence-corrected chi connectivity index (χ4v) is 3.36. The van der Waals surface area contributed by atoms with E-state index in [1.807, 2.05) is 20.8 Å². The van der Waals surface area contributed by atoms with Crippen molar-refractivity contribution in [2.24, 2.45) is 5.92 Å². The van der Waals surface area contributed by atoms with Gasteiger partial charge in [0.15, 0.2) is 0 Å². The number of carbonyl (C=O) groups is 3. The summed E-state index contributed by atoms with van der Waals surface area (Å²) in [6.45, 7) is 6.63. The Morgan fingerprint density at radius 2 is 1.71 bits per heavy atom. The topological polar surface area (TPSA) is 87.7 Å². The van der Waals surface area contributed by atoms with Gasteiger partial charge in [0.25, 0.3) is 5.91 Å². The molecule has 2 N–H and O–H groups in total. The Morgan fingerprint density at radius 3 is 2.32 bits per heavy atom. The van der Waals surface area contributed by atoms with E-state index in [0.717, 1.165) is 6.42 Å². The summed E-state index contributed by atoms with van der Waals surface area (Å²) in [5.74, 6) is 0.424. The fraction of sp³-hybridized carbons (Fsp3) is 0.375. The number of anilines is 3. The van der Waals surface area contributed by atoms with E-state index in [9.17, 15) is 14.4 Å². The first-order valence-corrected chi connectivity index (χ1v) is 10.6. The third kappa shape index (κ3) is 5.84. The van der Waals surface area contributed by atoms with Crippen molar-refractivity contribution in [3.63, 3.8) is 0 Å². The summed E-state index contributed by atoms with van der Waals surface area (Å²) in [5.41, 5.74) is 1.93. The van der Waals surface area contributed by atoms with Crippen molar-refractivity contribution in [2.75, 3.05) is 22.1 Å². The number of rotatable bonds is 9. The minimum Gasteiger partial charge on any atom is -0.494 e. The summed E-state index contributed by atoms with van der Waals surface area (Å²) in [6.07, 6.45) is 1.45. The van der Waals surface area contributed by atoms with Gasteiger partial charge in [-0.1, -0.05) is 20.8 Å². The molecular weight excluding hydrogens is 394 g/mol. The number of carbonyl (C=O) groups excluding carboxylic acids is 3. The lowest BCUT2D eigenvalue weighted by molar-refractivity contribution is -0.121. The van der Waals surface area contributed by atoms with Crippen LogP contribution in [0.3, 0.4) is 0 Å². The van der Waals surface area contributed by atoms with Gasteiger partial charge in [0.2, 0.25) is 11.8 Å². The Hall–Kier alpha value is -3.35. The molecule has 0 spiro atoms. The van der Waals surface area contributed by atoms with Gasteiger partial charge in [0.1, 0.15) is 11.8 Å². The van der Waals surface area contributed by atoms with E-state index in [1.54, 1.807) is 48.5 Å². The van der Waals surface area contributed by atoms with Gasteiger partial charge in [-0.15, -0.1) is 0 Å². The number of amides is 3. The van der Waals surface area contributed by atoms with Crippen LogP contribution in [-0.2, 0) is 14.4 Å².